The Morgan fingerprint density at radius 1 is 1.06 bits per heavy atom. The van der Waals surface area contributed by atoms with E-state index in [-0.39, 0.29) is 0 Å². The molecule has 1 unspecified atom stereocenters. The molecular weight excluding hydrogens is 220 g/mol. The van der Waals surface area contributed by atoms with E-state index in [9.17, 15) is 0 Å². The van der Waals surface area contributed by atoms with Gasteiger partial charge in [-0.3, -0.25) is 0 Å². The second-order valence-corrected chi connectivity index (χ2v) is 6.37. The molecule has 18 heavy (non-hydrogen) atoms. The van der Waals surface area contributed by atoms with Crippen molar-refractivity contribution in [2.45, 2.75) is 77.3 Å². The fourth-order valence-electron chi connectivity index (χ4n) is 3.76. The van der Waals surface area contributed by atoms with E-state index in [0.717, 1.165) is 18.0 Å². The Morgan fingerprint density at radius 2 is 1.83 bits per heavy atom. The summed E-state index contributed by atoms with van der Waals surface area (Å²) in [5.74, 6) is 0.981. The first-order valence-electron chi connectivity index (χ1n) is 8.30. The number of hydrogen-bond acceptors (Lipinski definition) is 2. The van der Waals surface area contributed by atoms with E-state index in [2.05, 4.69) is 24.1 Å². The minimum atomic E-state index is 0.813. The van der Waals surface area contributed by atoms with Crippen molar-refractivity contribution in [1.29, 1.82) is 0 Å². The summed E-state index contributed by atoms with van der Waals surface area (Å²) in [5, 5.41) is 3.70. The fourth-order valence-corrected chi connectivity index (χ4v) is 3.76. The minimum Gasteiger partial charge on any atom is -0.314 e. The summed E-state index contributed by atoms with van der Waals surface area (Å²) in [4.78, 5) is 2.81. The first-order valence-corrected chi connectivity index (χ1v) is 8.30. The smallest absolute Gasteiger partial charge is 0.00965 e. The highest BCUT2D eigenvalue weighted by atomic mass is 15.2. The second-order valence-electron chi connectivity index (χ2n) is 6.37. The third-order valence-corrected chi connectivity index (χ3v) is 5.02. The van der Waals surface area contributed by atoms with Gasteiger partial charge in [-0.2, -0.15) is 0 Å². The van der Waals surface area contributed by atoms with Gasteiger partial charge >= 0.3 is 0 Å². The van der Waals surface area contributed by atoms with Crippen molar-refractivity contribution in [1.82, 2.24) is 10.2 Å². The number of likely N-dealkylation sites (tertiary alicyclic amines) is 1. The first kappa shape index (κ1) is 14.3. The highest BCUT2D eigenvalue weighted by Crippen LogP contribution is 2.28. The molecule has 0 amide bonds. The molecular formula is C16H32N2. The van der Waals surface area contributed by atoms with Crippen molar-refractivity contribution in [3.63, 3.8) is 0 Å². The number of rotatable bonds is 5. The third kappa shape index (κ3) is 3.96. The molecule has 1 aliphatic carbocycles. The van der Waals surface area contributed by atoms with E-state index in [0.29, 0.717) is 0 Å². The summed E-state index contributed by atoms with van der Waals surface area (Å²) >= 11 is 0. The van der Waals surface area contributed by atoms with Crippen LogP contribution in [0.1, 0.15) is 65.2 Å². The van der Waals surface area contributed by atoms with Crippen LogP contribution in [-0.4, -0.2) is 36.6 Å². The molecule has 2 rings (SSSR count). The number of hydrogen-bond donors (Lipinski definition) is 1. The Bertz CT molecular complexity index is 221. The molecule has 0 radical (unpaired) electrons. The highest BCUT2D eigenvalue weighted by Gasteiger charge is 2.28. The molecule has 2 fully saturated rings. The van der Waals surface area contributed by atoms with Crippen molar-refractivity contribution < 1.29 is 0 Å². The average molecular weight is 252 g/mol. The summed E-state index contributed by atoms with van der Waals surface area (Å²) in [6, 6.07) is 1.71. The van der Waals surface area contributed by atoms with Crippen LogP contribution in [0.4, 0.5) is 0 Å². The summed E-state index contributed by atoms with van der Waals surface area (Å²) in [6.45, 7) is 8.58. The maximum Gasteiger partial charge on any atom is 0.00965 e. The molecule has 1 saturated heterocycles. The molecule has 0 bridgehead atoms. The van der Waals surface area contributed by atoms with E-state index in [1.165, 1.54) is 71.0 Å². The van der Waals surface area contributed by atoms with Gasteiger partial charge in [0, 0.05) is 18.6 Å². The summed E-state index contributed by atoms with van der Waals surface area (Å²) in [6.07, 6.45) is 11.2. The van der Waals surface area contributed by atoms with Crippen LogP contribution in [-0.2, 0) is 0 Å². The van der Waals surface area contributed by atoms with Gasteiger partial charge in [0.15, 0.2) is 0 Å². The SMILES string of the molecule is CCCNC1CCC(N2CCCC(CC)C2)CC1. The number of nitrogens with one attached hydrogen (secondary N) is 1. The van der Waals surface area contributed by atoms with Crippen LogP contribution in [0.3, 0.4) is 0 Å². The van der Waals surface area contributed by atoms with E-state index >= 15 is 0 Å². The molecule has 1 N–H and O–H groups in total. The maximum atomic E-state index is 3.70. The standard InChI is InChI=1S/C16H32N2/c1-3-11-17-15-7-9-16(10-8-15)18-12-5-6-14(4-2)13-18/h14-17H,3-13H2,1-2H3. The first-order chi connectivity index (χ1) is 8.83. The molecule has 0 aromatic carbocycles. The predicted octanol–water partition coefficient (Wildman–Crippen LogP) is 3.42. The zero-order chi connectivity index (χ0) is 12.8. The van der Waals surface area contributed by atoms with Gasteiger partial charge in [0.2, 0.25) is 0 Å². The van der Waals surface area contributed by atoms with E-state index in [1.807, 2.05) is 0 Å². The van der Waals surface area contributed by atoms with E-state index in [1.54, 1.807) is 0 Å². The molecule has 1 aliphatic heterocycles. The molecule has 1 atom stereocenters. The normalized spacial score (nSPS) is 34.7. The molecule has 106 valence electrons. The lowest BCUT2D eigenvalue weighted by Gasteiger charge is -2.41. The Kier molecular flexibility index (Phi) is 5.97. The van der Waals surface area contributed by atoms with Crippen molar-refractivity contribution in [2.75, 3.05) is 19.6 Å². The monoisotopic (exact) mass is 252 g/mol. The minimum absolute atomic E-state index is 0.813. The van der Waals surface area contributed by atoms with Crippen LogP contribution in [0.2, 0.25) is 0 Å². The number of piperidine rings is 1. The zero-order valence-corrected chi connectivity index (χ0v) is 12.5. The van der Waals surface area contributed by atoms with Gasteiger partial charge in [0.1, 0.15) is 0 Å². The molecule has 1 saturated carbocycles. The quantitative estimate of drug-likeness (QED) is 0.806. The van der Waals surface area contributed by atoms with Crippen molar-refractivity contribution in [3.05, 3.63) is 0 Å². The van der Waals surface area contributed by atoms with Gasteiger partial charge in [-0.05, 0) is 64.0 Å². The lowest BCUT2D eigenvalue weighted by atomic mass is 9.87. The summed E-state index contributed by atoms with van der Waals surface area (Å²) in [5.41, 5.74) is 0. The van der Waals surface area contributed by atoms with Crippen LogP contribution in [0.25, 0.3) is 0 Å². The Hall–Kier alpha value is -0.0800. The topological polar surface area (TPSA) is 15.3 Å². The Morgan fingerprint density at radius 3 is 2.50 bits per heavy atom. The molecule has 0 spiro atoms. The second kappa shape index (κ2) is 7.49. The lowest BCUT2D eigenvalue weighted by Crippen LogP contribution is -2.46. The Balaban J connectivity index is 1.72. The lowest BCUT2D eigenvalue weighted by molar-refractivity contribution is 0.0904. The largest absolute Gasteiger partial charge is 0.314 e. The maximum absolute atomic E-state index is 3.70. The molecule has 2 aliphatic rings. The molecule has 0 aromatic heterocycles. The van der Waals surface area contributed by atoms with Gasteiger partial charge in [-0.1, -0.05) is 20.3 Å². The third-order valence-electron chi connectivity index (χ3n) is 5.02. The van der Waals surface area contributed by atoms with Crippen LogP contribution in [0.15, 0.2) is 0 Å². The molecule has 0 aromatic rings. The molecule has 2 heteroatoms. The van der Waals surface area contributed by atoms with Crippen LogP contribution in [0, 0.1) is 5.92 Å². The van der Waals surface area contributed by atoms with Gasteiger partial charge in [0.05, 0.1) is 0 Å². The average Bonchev–Trinajstić information content (AvgIpc) is 2.46. The summed E-state index contributed by atoms with van der Waals surface area (Å²) < 4.78 is 0. The van der Waals surface area contributed by atoms with Gasteiger partial charge in [-0.25, -0.2) is 0 Å². The van der Waals surface area contributed by atoms with Crippen molar-refractivity contribution in [2.24, 2.45) is 5.92 Å². The molecule has 1 heterocycles. The summed E-state index contributed by atoms with van der Waals surface area (Å²) in [7, 11) is 0. The van der Waals surface area contributed by atoms with Gasteiger partial charge in [0.25, 0.3) is 0 Å². The fraction of sp³-hybridized carbons (Fsp3) is 1.00. The van der Waals surface area contributed by atoms with E-state index in [4.69, 9.17) is 0 Å². The predicted molar refractivity (Wildman–Crippen MR) is 78.9 cm³/mol. The van der Waals surface area contributed by atoms with Crippen molar-refractivity contribution >= 4 is 0 Å². The van der Waals surface area contributed by atoms with Crippen LogP contribution in [0.5, 0.6) is 0 Å². The Labute approximate surface area is 114 Å². The van der Waals surface area contributed by atoms with Crippen molar-refractivity contribution in [3.8, 4) is 0 Å². The highest BCUT2D eigenvalue weighted by molar-refractivity contribution is 4.85. The van der Waals surface area contributed by atoms with Crippen LogP contribution < -0.4 is 5.32 Å². The molecule has 2 nitrogen and oxygen atoms in total. The van der Waals surface area contributed by atoms with Crippen LogP contribution >= 0.6 is 0 Å². The zero-order valence-electron chi connectivity index (χ0n) is 12.5. The van der Waals surface area contributed by atoms with Gasteiger partial charge in [-0.15, -0.1) is 0 Å². The van der Waals surface area contributed by atoms with Gasteiger partial charge < -0.3 is 10.2 Å². The number of nitrogens with zero attached hydrogens (tertiary/aromatic N) is 1. The van der Waals surface area contributed by atoms with E-state index < -0.39 is 0 Å².